The fourth-order valence-electron chi connectivity index (χ4n) is 1.45. The number of aromatic amines is 1. The van der Waals surface area contributed by atoms with Gasteiger partial charge in [0.05, 0.1) is 12.9 Å². The molecule has 0 aromatic carbocycles. The molecule has 17 heavy (non-hydrogen) atoms. The van der Waals surface area contributed by atoms with Crippen molar-refractivity contribution in [3.8, 4) is 0 Å². The normalized spacial score (nSPS) is 10.4. The summed E-state index contributed by atoms with van der Waals surface area (Å²) in [7, 11) is 1.75. The molecule has 0 spiro atoms. The molecule has 0 saturated heterocycles. The molecule has 1 N–H and O–H groups in total. The average Bonchev–Trinajstić information content (AvgIpc) is 2.98. The van der Waals surface area contributed by atoms with Crippen LogP contribution in [-0.4, -0.2) is 42.6 Å². The van der Waals surface area contributed by atoms with Crippen LogP contribution in [-0.2, 0) is 17.9 Å². The first-order valence-corrected chi connectivity index (χ1v) is 5.29. The van der Waals surface area contributed by atoms with Crippen molar-refractivity contribution >= 4 is 5.91 Å². The van der Waals surface area contributed by atoms with E-state index in [0.29, 0.717) is 25.3 Å². The molecule has 2 aromatic heterocycles. The second-order valence-corrected chi connectivity index (χ2v) is 3.73. The molecule has 0 fully saturated rings. The number of carbonyl (C=O) groups excluding carboxylic acids is 1. The van der Waals surface area contributed by atoms with Gasteiger partial charge in [-0.25, -0.2) is 9.97 Å². The molecule has 0 atom stereocenters. The number of hydrogen-bond acceptors (Lipinski definition) is 4. The van der Waals surface area contributed by atoms with E-state index in [1.54, 1.807) is 24.5 Å². The number of amides is 1. The van der Waals surface area contributed by atoms with E-state index < -0.39 is 0 Å². The van der Waals surface area contributed by atoms with Crippen molar-refractivity contribution in [1.29, 1.82) is 0 Å². The maximum absolute atomic E-state index is 11.8. The zero-order chi connectivity index (χ0) is 12.1. The Labute approximate surface area is 98.5 Å². The quantitative estimate of drug-likeness (QED) is 0.792. The highest BCUT2D eigenvalue weighted by Crippen LogP contribution is 1.99. The van der Waals surface area contributed by atoms with E-state index in [-0.39, 0.29) is 5.91 Å². The van der Waals surface area contributed by atoms with Gasteiger partial charge in [-0.2, -0.15) is 5.10 Å². The fourth-order valence-corrected chi connectivity index (χ4v) is 1.45. The molecule has 2 aromatic rings. The minimum Gasteiger partial charge on any atom is -0.338 e. The molecule has 7 heteroatoms. The molecule has 0 aliphatic carbocycles. The van der Waals surface area contributed by atoms with Crippen LogP contribution in [0.3, 0.4) is 0 Å². The fraction of sp³-hybridized carbons (Fsp3) is 0.400. The second kappa shape index (κ2) is 5.24. The Morgan fingerprint density at radius 1 is 1.59 bits per heavy atom. The Bertz CT molecular complexity index is 449. The Morgan fingerprint density at radius 2 is 2.47 bits per heavy atom. The van der Waals surface area contributed by atoms with Gasteiger partial charge in [0.25, 0.3) is 0 Å². The molecule has 2 rings (SSSR count). The van der Waals surface area contributed by atoms with Crippen LogP contribution in [0.15, 0.2) is 25.0 Å². The van der Waals surface area contributed by atoms with Crippen molar-refractivity contribution in [2.24, 2.45) is 0 Å². The van der Waals surface area contributed by atoms with E-state index in [0.717, 1.165) is 0 Å². The lowest BCUT2D eigenvalue weighted by molar-refractivity contribution is -0.130. The number of nitrogens with zero attached hydrogens (tertiary/aromatic N) is 5. The summed E-state index contributed by atoms with van der Waals surface area (Å²) in [5.74, 6) is 0.749. The van der Waals surface area contributed by atoms with Gasteiger partial charge in [0.1, 0.15) is 12.2 Å². The zero-order valence-electron chi connectivity index (χ0n) is 9.58. The highest BCUT2D eigenvalue weighted by atomic mass is 16.2. The minimum absolute atomic E-state index is 0.0649. The first kappa shape index (κ1) is 11.3. The largest absolute Gasteiger partial charge is 0.338 e. The number of imidazole rings is 1. The van der Waals surface area contributed by atoms with Crippen LogP contribution in [0.25, 0.3) is 0 Å². The Morgan fingerprint density at radius 3 is 3.12 bits per heavy atom. The molecule has 0 aliphatic rings. The smallest absolute Gasteiger partial charge is 0.224 e. The van der Waals surface area contributed by atoms with Crippen LogP contribution in [0.1, 0.15) is 12.2 Å². The predicted molar refractivity (Wildman–Crippen MR) is 59.7 cm³/mol. The summed E-state index contributed by atoms with van der Waals surface area (Å²) in [6.07, 6.45) is 7.11. The van der Waals surface area contributed by atoms with E-state index >= 15 is 0 Å². The number of aromatic nitrogens is 5. The summed E-state index contributed by atoms with van der Waals surface area (Å²) in [4.78, 5) is 21.3. The lowest BCUT2D eigenvalue weighted by Crippen LogP contribution is -2.27. The molecule has 2 heterocycles. The van der Waals surface area contributed by atoms with Gasteiger partial charge in [0.15, 0.2) is 0 Å². The number of carbonyl (C=O) groups is 1. The Kier molecular flexibility index (Phi) is 3.49. The van der Waals surface area contributed by atoms with Gasteiger partial charge in [0, 0.05) is 32.4 Å². The first-order valence-electron chi connectivity index (χ1n) is 5.29. The molecule has 0 bridgehead atoms. The molecule has 0 saturated carbocycles. The van der Waals surface area contributed by atoms with Crippen molar-refractivity contribution in [3.05, 3.63) is 30.9 Å². The first-order chi connectivity index (χ1) is 8.25. The predicted octanol–water partition coefficient (Wildman–Crippen LogP) is 0.0499. The number of nitrogens with one attached hydrogen (secondary N) is 1. The third kappa shape index (κ3) is 3.13. The third-order valence-electron chi connectivity index (χ3n) is 2.42. The molecular weight excluding hydrogens is 220 g/mol. The standard InChI is InChI=1S/C10H14N6O/c1-15(6-9-12-7-13-14-9)10(17)2-4-16-5-3-11-8-16/h3,5,7-8H,2,4,6H2,1H3,(H,12,13,14). The van der Waals surface area contributed by atoms with Crippen LogP contribution in [0.2, 0.25) is 0 Å². The van der Waals surface area contributed by atoms with Crippen LogP contribution < -0.4 is 0 Å². The zero-order valence-corrected chi connectivity index (χ0v) is 9.58. The lowest BCUT2D eigenvalue weighted by Gasteiger charge is -2.15. The van der Waals surface area contributed by atoms with Crippen molar-refractivity contribution in [1.82, 2.24) is 29.6 Å². The highest BCUT2D eigenvalue weighted by molar-refractivity contribution is 5.75. The molecule has 0 radical (unpaired) electrons. The number of rotatable bonds is 5. The topological polar surface area (TPSA) is 79.7 Å². The Balaban J connectivity index is 1.79. The second-order valence-electron chi connectivity index (χ2n) is 3.73. The van der Waals surface area contributed by atoms with Crippen molar-refractivity contribution in [3.63, 3.8) is 0 Å². The Hall–Kier alpha value is -2.18. The van der Waals surface area contributed by atoms with Crippen LogP contribution in [0.5, 0.6) is 0 Å². The third-order valence-corrected chi connectivity index (χ3v) is 2.42. The van der Waals surface area contributed by atoms with E-state index in [2.05, 4.69) is 20.2 Å². The summed E-state index contributed by atoms with van der Waals surface area (Å²) in [5, 5.41) is 6.46. The monoisotopic (exact) mass is 234 g/mol. The van der Waals surface area contributed by atoms with Crippen molar-refractivity contribution < 1.29 is 4.79 Å². The van der Waals surface area contributed by atoms with Crippen LogP contribution in [0.4, 0.5) is 0 Å². The maximum Gasteiger partial charge on any atom is 0.224 e. The van der Waals surface area contributed by atoms with Gasteiger partial charge in [-0.15, -0.1) is 0 Å². The summed E-state index contributed by atoms with van der Waals surface area (Å²) in [6, 6.07) is 0. The van der Waals surface area contributed by atoms with Gasteiger partial charge in [0.2, 0.25) is 5.91 Å². The SMILES string of the molecule is CN(Cc1ncn[nH]1)C(=O)CCn1ccnc1. The maximum atomic E-state index is 11.8. The van der Waals surface area contributed by atoms with E-state index in [1.807, 2.05) is 10.8 Å². The van der Waals surface area contributed by atoms with Crippen molar-refractivity contribution in [2.45, 2.75) is 19.5 Å². The number of H-pyrrole nitrogens is 1. The van der Waals surface area contributed by atoms with Crippen LogP contribution >= 0.6 is 0 Å². The number of hydrogen-bond donors (Lipinski definition) is 1. The van der Waals surface area contributed by atoms with Crippen molar-refractivity contribution in [2.75, 3.05) is 7.05 Å². The molecule has 0 unspecified atom stereocenters. The summed E-state index contributed by atoms with van der Waals surface area (Å²) in [5.41, 5.74) is 0. The average molecular weight is 234 g/mol. The van der Waals surface area contributed by atoms with Gasteiger partial charge in [-0.3, -0.25) is 9.89 Å². The number of aryl methyl sites for hydroxylation is 1. The minimum atomic E-state index is 0.0649. The van der Waals surface area contributed by atoms with Gasteiger partial charge < -0.3 is 9.47 Å². The molecule has 90 valence electrons. The van der Waals surface area contributed by atoms with Gasteiger partial charge in [-0.1, -0.05) is 0 Å². The van der Waals surface area contributed by atoms with E-state index in [4.69, 9.17) is 0 Å². The summed E-state index contributed by atoms with van der Waals surface area (Å²) < 4.78 is 1.88. The molecule has 7 nitrogen and oxygen atoms in total. The van der Waals surface area contributed by atoms with E-state index in [9.17, 15) is 4.79 Å². The summed E-state index contributed by atoms with van der Waals surface area (Å²) >= 11 is 0. The molecular formula is C10H14N6O. The van der Waals surface area contributed by atoms with Crippen LogP contribution in [0, 0.1) is 0 Å². The highest BCUT2D eigenvalue weighted by Gasteiger charge is 2.10. The summed E-state index contributed by atoms with van der Waals surface area (Å²) in [6.45, 7) is 1.09. The molecule has 1 amide bonds. The molecule has 0 aliphatic heterocycles. The van der Waals surface area contributed by atoms with Gasteiger partial charge >= 0.3 is 0 Å². The lowest BCUT2D eigenvalue weighted by atomic mass is 10.3. The van der Waals surface area contributed by atoms with E-state index in [1.165, 1.54) is 6.33 Å². The van der Waals surface area contributed by atoms with Gasteiger partial charge in [-0.05, 0) is 0 Å².